The molecule has 0 aliphatic carbocycles. The summed E-state index contributed by atoms with van der Waals surface area (Å²) in [7, 11) is 0. The lowest BCUT2D eigenvalue weighted by atomic mass is 9.98. The van der Waals surface area contributed by atoms with Crippen LogP contribution >= 0.6 is 0 Å². The molecule has 9 aromatic carbocycles. The van der Waals surface area contributed by atoms with E-state index in [-0.39, 0.29) is 0 Å². The fraction of sp³-hybridized carbons (Fsp3) is 0. The molecule has 0 saturated heterocycles. The molecule has 0 N–H and O–H groups in total. The Hall–Kier alpha value is -7.10. The van der Waals surface area contributed by atoms with E-state index in [0.29, 0.717) is 0 Å². The molecule has 11 rings (SSSR count). The van der Waals surface area contributed by atoms with Crippen molar-refractivity contribution in [1.29, 1.82) is 0 Å². The van der Waals surface area contributed by atoms with E-state index >= 15 is 0 Å². The Balaban J connectivity index is 1.18. The number of hydrogen-bond donors (Lipinski definition) is 0. The third kappa shape index (κ3) is 4.68. The van der Waals surface area contributed by atoms with Crippen molar-refractivity contribution in [3.8, 4) is 22.3 Å². The Morgan fingerprint density at radius 3 is 1.19 bits per heavy atom. The molecule has 0 aliphatic rings. The number of nitrogens with zero attached hydrogens (tertiary/aromatic N) is 1. The van der Waals surface area contributed by atoms with Gasteiger partial charge >= 0.3 is 0 Å². The van der Waals surface area contributed by atoms with Crippen LogP contribution in [0.4, 0.5) is 17.1 Å². The Morgan fingerprint density at radius 2 is 0.698 bits per heavy atom. The van der Waals surface area contributed by atoms with Crippen LogP contribution in [0.3, 0.4) is 0 Å². The van der Waals surface area contributed by atoms with Crippen LogP contribution < -0.4 is 4.90 Å². The van der Waals surface area contributed by atoms with Gasteiger partial charge in [0, 0.05) is 27.2 Å². The van der Waals surface area contributed by atoms with Crippen LogP contribution in [-0.2, 0) is 0 Å². The smallest absolute Gasteiger partial charge is 0.160 e. The van der Waals surface area contributed by atoms with Crippen LogP contribution in [0, 0.1) is 0 Å². The van der Waals surface area contributed by atoms with Gasteiger partial charge in [0.05, 0.1) is 11.4 Å². The van der Waals surface area contributed by atoms with Crippen molar-refractivity contribution in [2.75, 3.05) is 4.90 Å². The summed E-state index contributed by atoms with van der Waals surface area (Å²) in [4.78, 5) is 2.33. The van der Waals surface area contributed by atoms with E-state index in [1.54, 1.807) is 0 Å². The summed E-state index contributed by atoms with van der Waals surface area (Å²) in [5, 5.41) is 9.03. The first-order valence-corrected chi connectivity index (χ1v) is 18.0. The largest absolute Gasteiger partial charge is 0.454 e. The Kier molecular flexibility index (Phi) is 6.55. The van der Waals surface area contributed by atoms with Gasteiger partial charge in [-0.1, -0.05) is 152 Å². The van der Waals surface area contributed by atoms with Gasteiger partial charge in [-0.3, -0.25) is 0 Å². The van der Waals surface area contributed by atoms with Crippen molar-refractivity contribution in [1.82, 2.24) is 0 Å². The standard InChI is InChI=1S/C50H31NO2/c1-2-12-32(13-3-1)33-22-24-34(25-23-33)35-26-28-38(29-27-35)51(43-30-36-14-4-6-16-39(36)47-41-18-8-10-20-45(41)52-49(43)47)44-31-37-15-5-7-17-40(37)48-42-19-9-11-21-46(42)53-50(44)48/h1-31H. The maximum atomic E-state index is 6.84. The molecule has 0 amide bonds. The Morgan fingerprint density at radius 1 is 0.321 bits per heavy atom. The van der Waals surface area contributed by atoms with E-state index in [1.165, 1.54) is 16.7 Å². The average molecular weight is 678 g/mol. The van der Waals surface area contributed by atoms with E-state index < -0.39 is 0 Å². The molecule has 0 atom stereocenters. The minimum Gasteiger partial charge on any atom is -0.454 e. The summed E-state index contributed by atoms with van der Waals surface area (Å²) in [6.45, 7) is 0. The van der Waals surface area contributed by atoms with Crippen molar-refractivity contribution < 1.29 is 8.83 Å². The second-order valence-electron chi connectivity index (χ2n) is 13.7. The van der Waals surface area contributed by atoms with Crippen LogP contribution in [-0.4, -0.2) is 0 Å². The lowest BCUT2D eigenvalue weighted by Gasteiger charge is -2.27. The molecule has 0 fully saturated rings. The molecule has 0 spiro atoms. The SMILES string of the molecule is c1ccc(-c2ccc(-c3ccc(N(c4cc5ccccc5c5c4oc4ccccc45)c4cc5ccccc5c5c4oc4ccccc45)cc3)cc2)cc1. The molecule has 3 heteroatoms. The van der Waals surface area contributed by atoms with E-state index in [2.05, 4.69) is 181 Å². The highest BCUT2D eigenvalue weighted by Gasteiger charge is 2.26. The average Bonchev–Trinajstić information content (AvgIpc) is 3.82. The number of hydrogen-bond acceptors (Lipinski definition) is 3. The molecule has 2 heterocycles. The highest BCUT2D eigenvalue weighted by atomic mass is 16.3. The van der Waals surface area contributed by atoms with Gasteiger partial charge in [-0.15, -0.1) is 0 Å². The van der Waals surface area contributed by atoms with Crippen molar-refractivity contribution in [3.05, 3.63) is 188 Å². The summed E-state index contributed by atoms with van der Waals surface area (Å²) < 4.78 is 13.7. The van der Waals surface area contributed by atoms with Crippen LogP contribution in [0.5, 0.6) is 0 Å². The first-order chi connectivity index (χ1) is 26.3. The number of fused-ring (bicyclic) bond motifs is 10. The van der Waals surface area contributed by atoms with Crippen molar-refractivity contribution >= 4 is 82.5 Å². The van der Waals surface area contributed by atoms with Gasteiger partial charge in [-0.05, 0) is 80.2 Å². The Labute approximate surface area is 305 Å². The lowest BCUT2D eigenvalue weighted by Crippen LogP contribution is -2.11. The van der Waals surface area contributed by atoms with E-state index in [1.807, 2.05) is 12.1 Å². The number of rotatable bonds is 5. The molecule has 248 valence electrons. The predicted octanol–water partition coefficient (Wildman–Crippen LogP) is 14.6. The number of para-hydroxylation sites is 2. The first-order valence-electron chi connectivity index (χ1n) is 18.0. The molecule has 2 aromatic heterocycles. The molecule has 0 saturated carbocycles. The summed E-state index contributed by atoms with van der Waals surface area (Å²) in [6, 6.07) is 66.6. The minimum absolute atomic E-state index is 0.836. The molecule has 3 nitrogen and oxygen atoms in total. The lowest BCUT2D eigenvalue weighted by molar-refractivity contribution is 0.666. The number of benzene rings is 9. The van der Waals surface area contributed by atoms with E-state index in [0.717, 1.165) is 88.0 Å². The van der Waals surface area contributed by atoms with Crippen molar-refractivity contribution in [3.63, 3.8) is 0 Å². The zero-order valence-corrected chi connectivity index (χ0v) is 28.7. The predicted molar refractivity (Wildman–Crippen MR) is 222 cm³/mol. The van der Waals surface area contributed by atoms with Crippen molar-refractivity contribution in [2.24, 2.45) is 0 Å². The normalized spacial score (nSPS) is 11.8. The topological polar surface area (TPSA) is 29.5 Å². The van der Waals surface area contributed by atoms with Gasteiger partial charge in [0.15, 0.2) is 11.2 Å². The van der Waals surface area contributed by atoms with Gasteiger partial charge < -0.3 is 13.7 Å². The summed E-state index contributed by atoms with van der Waals surface area (Å²) >= 11 is 0. The maximum Gasteiger partial charge on any atom is 0.160 e. The fourth-order valence-corrected chi connectivity index (χ4v) is 8.14. The quantitative estimate of drug-likeness (QED) is 0.182. The summed E-state index contributed by atoms with van der Waals surface area (Å²) in [5.74, 6) is 0. The Bertz CT molecular complexity index is 3000. The molecule has 53 heavy (non-hydrogen) atoms. The van der Waals surface area contributed by atoms with Gasteiger partial charge in [0.2, 0.25) is 0 Å². The monoisotopic (exact) mass is 677 g/mol. The number of anilines is 3. The molecule has 0 aliphatic heterocycles. The number of furan rings is 2. The fourth-order valence-electron chi connectivity index (χ4n) is 8.14. The van der Waals surface area contributed by atoms with Crippen molar-refractivity contribution in [2.45, 2.75) is 0 Å². The van der Waals surface area contributed by atoms with E-state index in [4.69, 9.17) is 8.83 Å². The maximum absolute atomic E-state index is 6.84. The minimum atomic E-state index is 0.836. The molecule has 0 unspecified atom stereocenters. The van der Waals surface area contributed by atoms with Crippen LogP contribution in [0.15, 0.2) is 197 Å². The zero-order chi connectivity index (χ0) is 34.9. The second kappa shape index (κ2) is 11.7. The third-order valence-corrected chi connectivity index (χ3v) is 10.6. The third-order valence-electron chi connectivity index (χ3n) is 10.6. The van der Waals surface area contributed by atoms with Crippen LogP contribution in [0.2, 0.25) is 0 Å². The van der Waals surface area contributed by atoms with E-state index in [9.17, 15) is 0 Å². The summed E-state index contributed by atoms with van der Waals surface area (Å²) in [5.41, 5.74) is 11.0. The molecule has 11 aromatic rings. The van der Waals surface area contributed by atoms with Crippen LogP contribution in [0.25, 0.3) is 87.7 Å². The zero-order valence-electron chi connectivity index (χ0n) is 28.7. The van der Waals surface area contributed by atoms with Gasteiger partial charge in [0.25, 0.3) is 0 Å². The van der Waals surface area contributed by atoms with Gasteiger partial charge in [0.1, 0.15) is 11.2 Å². The molecular formula is C50H31NO2. The highest BCUT2D eigenvalue weighted by molar-refractivity contribution is 6.26. The van der Waals surface area contributed by atoms with Gasteiger partial charge in [-0.2, -0.15) is 0 Å². The molecular weight excluding hydrogens is 647 g/mol. The second-order valence-corrected chi connectivity index (χ2v) is 13.7. The van der Waals surface area contributed by atoms with Gasteiger partial charge in [-0.25, -0.2) is 0 Å². The summed E-state index contributed by atoms with van der Waals surface area (Å²) in [6.07, 6.45) is 0. The molecule has 0 radical (unpaired) electrons. The van der Waals surface area contributed by atoms with Crippen LogP contribution in [0.1, 0.15) is 0 Å². The highest BCUT2D eigenvalue weighted by Crippen LogP contribution is 2.49. The first kappa shape index (κ1) is 29.6. The molecule has 0 bridgehead atoms.